The summed E-state index contributed by atoms with van der Waals surface area (Å²) in [6.07, 6.45) is -4.40. The molecule has 0 spiro atoms. The molecule has 0 radical (unpaired) electrons. The average Bonchev–Trinajstić information content (AvgIpc) is 2.97. The van der Waals surface area contributed by atoms with Crippen LogP contribution in [0.1, 0.15) is 16.8 Å². The number of fused-ring (bicyclic) bond motifs is 1. The molecule has 0 unspecified atom stereocenters. The normalized spacial score (nSPS) is 11.7. The van der Waals surface area contributed by atoms with Crippen LogP contribution in [0.2, 0.25) is 0 Å². The van der Waals surface area contributed by atoms with Crippen molar-refractivity contribution in [1.82, 2.24) is 15.1 Å². The van der Waals surface area contributed by atoms with E-state index in [4.69, 9.17) is 0 Å². The molecule has 3 rings (SSSR count). The smallest absolute Gasteiger partial charge is 0.341 e. The molecule has 25 heavy (non-hydrogen) atoms. The Hall–Kier alpha value is -2.83. The Bertz CT molecular complexity index is 902. The van der Waals surface area contributed by atoms with Crippen molar-refractivity contribution in [3.05, 3.63) is 65.4 Å². The topological polar surface area (TPSA) is 49.0 Å². The number of rotatable bonds is 4. The Morgan fingerprint density at radius 3 is 2.56 bits per heavy atom. The van der Waals surface area contributed by atoms with Crippen molar-refractivity contribution in [3.8, 4) is 0 Å². The zero-order valence-electron chi connectivity index (χ0n) is 13.5. The quantitative estimate of drug-likeness (QED) is 0.781. The molecule has 1 amide bonds. The Morgan fingerprint density at radius 1 is 1.12 bits per heavy atom. The van der Waals surface area contributed by atoms with E-state index in [1.807, 2.05) is 24.3 Å². The lowest BCUT2D eigenvalue weighted by Crippen LogP contribution is -2.29. The van der Waals surface area contributed by atoms with Gasteiger partial charge in [-0.3, -0.25) is 9.89 Å². The van der Waals surface area contributed by atoms with Crippen LogP contribution in [-0.2, 0) is 23.9 Å². The minimum atomic E-state index is -4.44. The van der Waals surface area contributed by atoms with E-state index < -0.39 is 11.7 Å². The number of alkyl halides is 3. The molecule has 1 heterocycles. The number of aromatic nitrogens is 2. The highest BCUT2D eigenvalue weighted by Gasteiger charge is 2.33. The number of hydrogen-bond donors (Lipinski definition) is 1. The molecule has 0 fully saturated rings. The van der Waals surface area contributed by atoms with Crippen molar-refractivity contribution in [3.63, 3.8) is 0 Å². The number of likely N-dealkylation sites (N-methyl/N-ethyl adjacent to an activating group) is 1. The van der Waals surface area contributed by atoms with Gasteiger partial charge in [-0.1, -0.05) is 36.4 Å². The molecule has 0 aliphatic rings. The lowest BCUT2D eigenvalue weighted by Gasteiger charge is -2.20. The minimum absolute atomic E-state index is 0.0468. The van der Waals surface area contributed by atoms with E-state index in [2.05, 4.69) is 10.2 Å². The van der Waals surface area contributed by atoms with Gasteiger partial charge in [-0.15, -0.1) is 0 Å². The second kappa shape index (κ2) is 6.58. The summed E-state index contributed by atoms with van der Waals surface area (Å²) in [5.41, 5.74) is 0.744. The van der Waals surface area contributed by atoms with E-state index in [0.29, 0.717) is 5.69 Å². The maximum Gasteiger partial charge on any atom is 0.416 e. The van der Waals surface area contributed by atoms with E-state index in [0.717, 1.165) is 17.0 Å². The van der Waals surface area contributed by atoms with Gasteiger partial charge in [-0.2, -0.15) is 18.3 Å². The fourth-order valence-electron chi connectivity index (χ4n) is 2.71. The molecule has 2 aromatic carbocycles. The fourth-order valence-corrected chi connectivity index (χ4v) is 2.71. The monoisotopic (exact) mass is 347 g/mol. The van der Waals surface area contributed by atoms with Gasteiger partial charge >= 0.3 is 6.18 Å². The molecule has 0 saturated carbocycles. The molecular weight excluding hydrogens is 331 g/mol. The van der Waals surface area contributed by atoms with E-state index in [9.17, 15) is 18.0 Å². The standard InChI is InChI=1S/C18H16F3N3O/c1-24(11-12-6-2-4-8-14(12)18(19,20)21)17(25)10-16-13-7-3-5-9-15(13)22-23-16/h2-9H,10-11H2,1H3,(H,22,23). The number of carbonyl (C=O) groups excluding carboxylic acids is 1. The van der Waals surface area contributed by atoms with Gasteiger partial charge in [-0.25, -0.2) is 0 Å². The van der Waals surface area contributed by atoms with E-state index >= 15 is 0 Å². The van der Waals surface area contributed by atoms with Crippen molar-refractivity contribution >= 4 is 16.8 Å². The molecule has 0 aliphatic carbocycles. The summed E-state index contributed by atoms with van der Waals surface area (Å²) in [5, 5.41) is 7.77. The highest BCUT2D eigenvalue weighted by molar-refractivity contribution is 5.87. The first-order chi connectivity index (χ1) is 11.9. The molecule has 0 bridgehead atoms. The summed E-state index contributed by atoms with van der Waals surface area (Å²) >= 11 is 0. The van der Waals surface area contributed by atoms with E-state index in [-0.39, 0.29) is 24.4 Å². The van der Waals surface area contributed by atoms with Crippen LogP contribution >= 0.6 is 0 Å². The van der Waals surface area contributed by atoms with Crippen LogP contribution in [0.15, 0.2) is 48.5 Å². The zero-order valence-corrected chi connectivity index (χ0v) is 13.5. The first-order valence-corrected chi connectivity index (χ1v) is 7.67. The van der Waals surface area contributed by atoms with Gasteiger partial charge in [-0.05, 0) is 17.7 Å². The number of amides is 1. The Balaban J connectivity index is 1.76. The number of H-pyrrole nitrogens is 1. The third-order valence-electron chi connectivity index (χ3n) is 4.02. The number of benzene rings is 2. The SMILES string of the molecule is CN(Cc1ccccc1C(F)(F)F)C(=O)Cc1[nH]nc2ccccc12. The fraction of sp³-hybridized carbons (Fsp3) is 0.222. The minimum Gasteiger partial charge on any atom is -0.341 e. The molecule has 1 N–H and O–H groups in total. The number of halogens is 3. The van der Waals surface area contributed by atoms with Gasteiger partial charge in [0.2, 0.25) is 5.91 Å². The van der Waals surface area contributed by atoms with Crippen LogP contribution in [0.3, 0.4) is 0 Å². The molecule has 3 aromatic rings. The van der Waals surface area contributed by atoms with Gasteiger partial charge < -0.3 is 4.90 Å². The first kappa shape index (κ1) is 17.0. The molecule has 0 atom stereocenters. The van der Waals surface area contributed by atoms with Crippen LogP contribution in [0.5, 0.6) is 0 Å². The summed E-state index contributed by atoms with van der Waals surface area (Å²) in [6.45, 7) is -0.111. The predicted molar refractivity (Wildman–Crippen MR) is 87.7 cm³/mol. The highest BCUT2D eigenvalue weighted by atomic mass is 19.4. The maximum atomic E-state index is 13.1. The van der Waals surface area contributed by atoms with Crippen LogP contribution < -0.4 is 0 Å². The first-order valence-electron chi connectivity index (χ1n) is 7.67. The van der Waals surface area contributed by atoms with Crippen molar-refractivity contribution < 1.29 is 18.0 Å². The van der Waals surface area contributed by atoms with Gasteiger partial charge in [0.25, 0.3) is 0 Å². The second-order valence-electron chi connectivity index (χ2n) is 5.80. The Morgan fingerprint density at radius 2 is 1.80 bits per heavy atom. The molecule has 7 heteroatoms. The van der Waals surface area contributed by atoms with Crippen molar-refractivity contribution in [2.75, 3.05) is 7.05 Å². The maximum absolute atomic E-state index is 13.1. The molecule has 130 valence electrons. The lowest BCUT2D eigenvalue weighted by atomic mass is 10.1. The van der Waals surface area contributed by atoms with Gasteiger partial charge in [0.05, 0.1) is 23.2 Å². The number of nitrogens with zero attached hydrogens (tertiary/aromatic N) is 2. The van der Waals surface area contributed by atoms with E-state index in [1.165, 1.54) is 30.1 Å². The summed E-state index contributed by atoms with van der Waals surface area (Å²) in [5.74, 6) is -0.286. The summed E-state index contributed by atoms with van der Waals surface area (Å²) in [4.78, 5) is 13.7. The largest absolute Gasteiger partial charge is 0.416 e. The Labute approximate surface area is 142 Å². The Kier molecular flexibility index (Phi) is 4.48. The van der Waals surface area contributed by atoms with Crippen LogP contribution in [0.4, 0.5) is 13.2 Å². The number of aromatic amines is 1. The van der Waals surface area contributed by atoms with Crippen molar-refractivity contribution in [2.45, 2.75) is 19.1 Å². The zero-order chi connectivity index (χ0) is 18.0. The summed E-state index contributed by atoms with van der Waals surface area (Å²) < 4.78 is 39.2. The van der Waals surface area contributed by atoms with Crippen molar-refractivity contribution in [1.29, 1.82) is 0 Å². The second-order valence-corrected chi connectivity index (χ2v) is 5.80. The summed E-state index contributed by atoms with van der Waals surface area (Å²) in [6, 6.07) is 12.6. The summed E-state index contributed by atoms with van der Waals surface area (Å²) in [7, 11) is 1.49. The molecule has 0 aliphatic heterocycles. The van der Waals surface area contributed by atoms with Gasteiger partial charge in [0.15, 0.2) is 0 Å². The number of hydrogen-bond acceptors (Lipinski definition) is 2. The molecule has 0 saturated heterocycles. The third-order valence-corrected chi connectivity index (χ3v) is 4.02. The average molecular weight is 347 g/mol. The van der Waals surface area contributed by atoms with Gasteiger partial charge in [0.1, 0.15) is 0 Å². The molecular formula is C18H16F3N3O. The van der Waals surface area contributed by atoms with E-state index in [1.54, 1.807) is 0 Å². The lowest BCUT2D eigenvalue weighted by molar-refractivity contribution is -0.139. The third kappa shape index (κ3) is 3.65. The van der Waals surface area contributed by atoms with Gasteiger partial charge in [0, 0.05) is 19.0 Å². The molecule has 4 nitrogen and oxygen atoms in total. The number of para-hydroxylation sites is 1. The number of nitrogens with one attached hydrogen (secondary N) is 1. The number of carbonyl (C=O) groups is 1. The van der Waals surface area contributed by atoms with Crippen molar-refractivity contribution in [2.24, 2.45) is 0 Å². The predicted octanol–water partition coefficient (Wildman–Crippen LogP) is 3.78. The van der Waals surface area contributed by atoms with Crippen LogP contribution in [-0.4, -0.2) is 28.1 Å². The van der Waals surface area contributed by atoms with Crippen LogP contribution in [0, 0.1) is 0 Å². The highest BCUT2D eigenvalue weighted by Crippen LogP contribution is 2.32. The van der Waals surface area contributed by atoms with Crippen LogP contribution in [0.25, 0.3) is 10.9 Å². The molecule has 1 aromatic heterocycles.